The summed E-state index contributed by atoms with van der Waals surface area (Å²) in [5.74, 6) is -2.52. The van der Waals surface area contributed by atoms with E-state index in [1.54, 1.807) is 20.8 Å². The van der Waals surface area contributed by atoms with E-state index in [1.165, 1.54) is 11.1 Å². The van der Waals surface area contributed by atoms with E-state index >= 15 is 0 Å². The van der Waals surface area contributed by atoms with Crippen LogP contribution in [0.5, 0.6) is 0 Å². The van der Waals surface area contributed by atoms with E-state index in [0.717, 1.165) is 12.1 Å². The van der Waals surface area contributed by atoms with E-state index in [1.807, 2.05) is 0 Å². The highest BCUT2D eigenvalue weighted by Gasteiger charge is 2.33. The molecule has 0 saturated heterocycles. The molecule has 1 aliphatic rings. The third kappa shape index (κ3) is 3.53. The van der Waals surface area contributed by atoms with Gasteiger partial charge in [0.25, 0.3) is 5.91 Å². The van der Waals surface area contributed by atoms with Crippen molar-refractivity contribution >= 4 is 28.6 Å². The minimum absolute atomic E-state index is 0.128. The Hall–Kier alpha value is -3.43. The molecule has 29 heavy (non-hydrogen) atoms. The number of aromatic nitrogens is 3. The highest BCUT2D eigenvalue weighted by molar-refractivity contribution is 6.08. The Morgan fingerprint density at radius 2 is 1.93 bits per heavy atom. The normalized spacial score (nSPS) is 13.6. The first kappa shape index (κ1) is 18.9. The lowest BCUT2D eigenvalue weighted by Crippen LogP contribution is -2.33. The van der Waals surface area contributed by atoms with Crippen molar-refractivity contribution in [1.29, 1.82) is 0 Å². The average molecular weight is 403 g/mol. The summed E-state index contributed by atoms with van der Waals surface area (Å²) in [4.78, 5) is 29.2. The Labute approximate surface area is 164 Å². The summed E-state index contributed by atoms with van der Waals surface area (Å²) in [5, 5.41) is 9.79. The number of hydrogen-bond donors (Lipinski definition) is 3. The summed E-state index contributed by atoms with van der Waals surface area (Å²) < 4.78 is 32.3. The van der Waals surface area contributed by atoms with Gasteiger partial charge in [-0.25, -0.2) is 13.6 Å². The van der Waals surface area contributed by atoms with Gasteiger partial charge in [-0.3, -0.25) is 14.8 Å². The second-order valence-electron chi connectivity index (χ2n) is 7.83. The van der Waals surface area contributed by atoms with E-state index in [0.29, 0.717) is 27.8 Å². The molecule has 0 unspecified atom stereocenters. The molecule has 0 fully saturated rings. The van der Waals surface area contributed by atoms with Crippen LogP contribution in [0.2, 0.25) is 0 Å². The molecule has 0 radical (unpaired) electrons. The molecular formula is C19H19F2N5O3. The summed E-state index contributed by atoms with van der Waals surface area (Å²) in [6.45, 7) is 5.75. The van der Waals surface area contributed by atoms with Gasteiger partial charge in [0.05, 0.1) is 30.0 Å². The Morgan fingerprint density at radius 3 is 2.66 bits per heavy atom. The first-order valence-electron chi connectivity index (χ1n) is 8.94. The number of H-pyrrole nitrogens is 2. The maximum absolute atomic E-state index is 13.6. The second-order valence-corrected chi connectivity index (χ2v) is 7.83. The zero-order valence-electron chi connectivity index (χ0n) is 16.0. The van der Waals surface area contributed by atoms with Crippen LogP contribution < -0.4 is 5.32 Å². The number of halogens is 2. The van der Waals surface area contributed by atoms with Crippen LogP contribution in [0.15, 0.2) is 18.3 Å². The highest BCUT2D eigenvalue weighted by Crippen LogP contribution is 2.28. The fourth-order valence-electron chi connectivity index (χ4n) is 3.19. The number of amides is 2. The Morgan fingerprint density at radius 1 is 1.21 bits per heavy atom. The molecular weight excluding hydrogens is 384 g/mol. The molecule has 4 rings (SSSR count). The van der Waals surface area contributed by atoms with Crippen LogP contribution in [-0.2, 0) is 17.8 Å². The van der Waals surface area contributed by atoms with Crippen molar-refractivity contribution in [3.05, 3.63) is 46.9 Å². The lowest BCUT2D eigenvalue weighted by molar-refractivity contribution is 0.0239. The smallest absolute Gasteiger partial charge is 0.410 e. The van der Waals surface area contributed by atoms with E-state index in [-0.39, 0.29) is 18.8 Å². The fourth-order valence-corrected chi connectivity index (χ4v) is 3.19. The highest BCUT2D eigenvalue weighted by atomic mass is 19.2. The average Bonchev–Trinajstić information content (AvgIpc) is 3.29. The predicted molar refractivity (Wildman–Crippen MR) is 100 cm³/mol. The number of anilines is 1. The van der Waals surface area contributed by atoms with Crippen LogP contribution in [0.3, 0.4) is 0 Å². The summed E-state index contributed by atoms with van der Waals surface area (Å²) in [6, 6.07) is 2.03. The number of nitrogens with one attached hydrogen (secondary N) is 3. The molecule has 8 nitrogen and oxygen atoms in total. The van der Waals surface area contributed by atoms with Crippen LogP contribution >= 0.6 is 0 Å². The summed E-state index contributed by atoms with van der Waals surface area (Å²) in [7, 11) is 0. The second kappa shape index (κ2) is 6.57. The number of hydrogen-bond acceptors (Lipinski definition) is 4. The molecule has 0 bridgehead atoms. The Bertz CT molecular complexity index is 1130. The number of ether oxygens (including phenoxy) is 1. The lowest BCUT2D eigenvalue weighted by atomic mass is 10.2. The Balaban J connectivity index is 1.53. The molecule has 0 saturated carbocycles. The molecule has 10 heteroatoms. The SMILES string of the molecule is CC(C)(C)OC(=O)N1Cc2[nH]nc(C(=O)Nc3c[nH]c4cc(F)c(F)cc34)c2C1. The van der Waals surface area contributed by atoms with Gasteiger partial charge in [-0.1, -0.05) is 0 Å². The maximum atomic E-state index is 13.6. The monoisotopic (exact) mass is 403 g/mol. The fraction of sp³-hybridized carbons (Fsp3) is 0.316. The van der Waals surface area contributed by atoms with Crippen molar-refractivity contribution < 1.29 is 23.1 Å². The minimum Gasteiger partial charge on any atom is -0.444 e. The van der Waals surface area contributed by atoms with Gasteiger partial charge < -0.3 is 15.0 Å². The van der Waals surface area contributed by atoms with Gasteiger partial charge in [0.15, 0.2) is 17.3 Å². The molecule has 0 atom stereocenters. The summed E-state index contributed by atoms with van der Waals surface area (Å²) >= 11 is 0. The van der Waals surface area contributed by atoms with Crippen molar-refractivity contribution in [1.82, 2.24) is 20.1 Å². The van der Waals surface area contributed by atoms with Crippen molar-refractivity contribution in [3.63, 3.8) is 0 Å². The van der Waals surface area contributed by atoms with E-state index < -0.39 is 29.2 Å². The van der Waals surface area contributed by atoms with Crippen LogP contribution in [0.25, 0.3) is 10.9 Å². The number of carbonyl (C=O) groups excluding carboxylic acids is 2. The molecule has 2 aromatic heterocycles. The standard InChI is InChI=1S/C19H19F2N5O3/c1-19(2,3)29-18(28)26-7-10-15(8-26)24-25-16(10)17(27)23-14-6-22-13-5-12(21)11(20)4-9(13)14/h4-6,22H,7-8H2,1-3H3,(H,23,27)(H,24,25). The largest absolute Gasteiger partial charge is 0.444 e. The molecule has 1 aromatic carbocycles. The first-order chi connectivity index (χ1) is 13.6. The van der Waals surface area contributed by atoms with Crippen LogP contribution in [-0.4, -0.2) is 37.7 Å². The zero-order valence-corrected chi connectivity index (χ0v) is 16.0. The van der Waals surface area contributed by atoms with E-state index in [9.17, 15) is 18.4 Å². The van der Waals surface area contributed by atoms with Crippen molar-refractivity contribution in [3.8, 4) is 0 Å². The van der Waals surface area contributed by atoms with Gasteiger partial charge >= 0.3 is 6.09 Å². The van der Waals surface area contributed by atoms with Gasteiger partial charge in [-0.2, -0.15) is 5.10 Å². The van der Waals surface area contributed by atoms with Gasteiger partial charge in [-0.15, -0.1) is 0 Å². The zero-order chi connectivity index (χ0) is 20.9. The molecule has 0 aliphatic carbocycles. The number of fused-ring (bicyclic) bond motifs is 2. The summed E-state index contributed by atoms with van der Waals surface area (Å²) in [6.07, 6.45) is 0.962. The molecule has 3 N–H and O–H groups in total. The lowest BCUT2D eigenvalue weighted by Gasteiger charge is -2.24. The maximum Gasteiger partial charge on any atom is 0.410 e. The quantitative estimate of drug-likeness (QED) is 0.607. The van der Waals surface area contributed by atoms with Crippen molar-refractivity contribution in [2.24, 2.45) is 0 Å². The van der Waals surface area contributed by atoms with E-state index in [4.69, 9.17) is 4.74 Å². The number of carbonyl (C=O) groups is 2. The van der Waals surface area contributed by atoms with Gasteiger partial charge in [-0.05, 0) is 26.8 Å². The molecule has 2 amide bonds. The molecule has 1 aliphatic heterocycles. The van der Waals surface area contributed by atoms with Crippen LogP contribution in [0, 0.1) is 11.6 Å². The first-order valence-corrected chi connectivity index (χ1v) is 8.94. The van der Waals surface area contributed by atoms with Crippen LogP contribution in [0.1, 0.15) is 42.5 Å². The third-order valence-electron chi connectivity index (χ3n) is 4.49. The minimum atomic E-state index is -1.01. The molecule has 3 aromatic rings. The number of benzene rings is 1. The third-order valence-corrected chi connectivity index (χ3v) is 4.49. The van der Waals surface area contributed by atoms with Crippen molar-refractivity contribution in [2.45, 2.75) is 39.5 Å². The van der Waals surface area contributed by atoms with Gasteiger partial charge in [0, 0.05) is 23.2 Å². The van der Waals surface area contributed by atoms with Crippen molar-refractivity contribution in [2.75, 3.05) is 5.32 Å². The van der Waals surface area contributed by atoms with Crippen LogP contribution in [0.4, 0.5) is 19.3 Å². The topological polar surface area (TPSA) is 103 Å². The van der Waals surface area contributed by atoms with E-state index in [2.05, 4.69) is 20.5 Å². The Kier molecular flexibility index (Phi) is 4.29. The van der Waals surface area contributed by atoms with Gasteiger partial charge in [0.1, 0.15) is 5.60 Å². The predicted octanol–water partition coefficient (Wildman–Crippen LogP) is 3.67. The van der Waals surface area contributed by atoms with Gasteiger partial charge in [0.2, 0.25) is 0 Å². The summed E-state index contributed by atoms with van der Waals surface area (Å²) in [5.41, 5.74) is 1.38. The molecule has 0 spiro atoms. The number of aromatic amines is 2. The molecule has 152 valence electrons. The molecule has 3 heterocycles. The number of nitrogens with zero attached hydrogens (tertiary/aromatic N) is 2. The number of rotatable bonds is 2.